The van der Waals surface area contributed by atoms with E-state index in [-0.39, 0.29) is 11.1 Å². The molecule has 0 heterocycles. The summed E-state index contributed by atoms with van der Waals surface area (Å²) in [6.45, 7) is 5.72. The summed E-state index contributed by atoms with van der Waals surface area (Å²) in [5, 5.41) is 0.106. The lowest BCUT2D eigenvalue weighted by molar-refractivity contribution is 0.548. The van der Waals surface area contributed by atoms with Crippen molar-refractivity contribution >= 4 is 11.6 Å². The lowest BCUT2D eigenvalue weighted by Gasteiger charge is -2.16. The molecule has 3 N–H and O–H groups in total. The lowest BCUT2D eigenvalue weighted by Crippen LogP contribution is -2.28. The summed E-state index contributed by atoms with van der Waals surface area (Å²) < 4.78 is 12.9. The number of benzene rings is 1. The van der Waals surface area contributed by atoms with Crippen molar-refractivity contribution in [1.82, 2.24) is 5.43 Å². The van der Waals surface area contributed by atoms with E-state index in [1.54, 1.807) is 12.1 Å². The molecule has 1 rings (SSSR count). The quantitative estimate of drug-likeness (QED) is 0.473. The Labute approximate surface area is 93.9 Å². The maximum absolute atomic E-state index is 12.9. The Balaban J connectivity index is 2.92. The van der Waals surface area contributed by atoms with E-state index in [2.05, 4.69) is 12.0 Å². The fourth-order valence-electron chi connectivity index (χ4n) is 1.35. The zero-order chi connectivity index (χ0) is 11.4. The summed E-state index contributed by atoms with van der Waals surface area (Å²) in [5.41, 5.74) is 4.51. The van der Waals surface area contributed by atoms with Gasteiger partial charge >= 0.3 is 0 Å². The van der Waals surface area contributed by atoms with Gasteiger partial charge in [-0.1, -0.05) is 23.2 Å². The molecule has 0 radical (unpaired) electrons. The molecule has 82 valence electrons. The number of hydrazine groups is 1. The van der Waals surface area contributed by atoms with Gasteiger partial charge in [-0.2, -0.15) is 0 Å². The van der Waals surface area contributed by atoms with E-state index in [0.717, 1.165) is 11.1 Å². The van der Waals surface area contributed by atoms with Crippen molar-refractivity contribution in [3.8, 4) is 0 Å². The molecule has 4 heteroatoms. The largest absolute Gasteiger partial charge is 0.271 e. The maximum Gasteiger partial charge on any atom is 0.141 e. The van der Waals surface area contributed by atoms with Gasteiger partial charge in [0.2, 0.25) is 0 Å². The van der Waals surface area contributed by atoms with Crippen molar-refractivity contribution in [2.75, 3.05) is 0 Å². The van der Waals surface area contributed by atoms with Gasteiger partial charge in [0.15, 0.2) is 0 Å². The number of nitrogens with two attached hydrogens (primary N) is 1. The molecular formula is C11H14ClFN2. The van der Waals surface area contributed by atoms with Crippen LogP contribution in [-0.2, 0) is 0 Å². The van der Waals surface area contributed by atoms with Crippen LogP contribution in [0.15, 0.2) is 30.4 Å². The van der Waals surface area contributed by atoms with E-state index in [0.29, 0.717) is 6.42 Å². The Hall–Kier alpha value is -0.900. The minimum Gasteiger partial charge on any atom is -0.271 e. The summed E-state index contributed by atoms with van der Waals surface area (Å²) in [6.07, 6.45) is 0.693. The van der Waals surface area contributed by atoms with Gasteiger partial charge in [-0.15, -0.1) is 6.58 Å². The topological polar surface area (TPSA) is 38.0 Å². The van der Waals surface area contributed by atoms with Crippen LogP contribution in [0.3, 0.4) is 0 Å². The summed E-state index contributed by atoms with van der Waals surface area (Å²) in [5.74, 6) is 4.99. The fourth-order valence-corrected chi connectivity index (χ4v) is 1.54. The van der Waals surface area contributed by atoms with Crippen LogP contribution in [0.1, 0.15) is 24.9 Å². The standard InChI is InChI=1S/C11H14ClFN2/c1-7(2)5-11(15-14)8-3-4-10(13)9(12)6-8/h3-4,6,11,15H,1,5,14H2,2H3. The number of hydrogen-bond donors (Lipinski definition) is 2. The van der Waals surface area contributed by atoms with Gasteiger partial charge in [-0.3, -0.25) is 11.3 Å². The molecule has 1 unspecified atom stereocenters. The second-order valence-corrected chi connectivity index (χ2v) is 3.96. The molecule has 1 aromatic carbocycles. The molecule has 0 aliphatic carbocycles. The first kappa shape index (κ1) is 12.2. The Morgan fingerprint density at radius 2 is 2.33 bits per heavy atom. The van der Waals surface area contributed by atoms with Crippen LogP contribution in [0, 0.1) is 5.82 Å². The van der Waals surface area contributed by atoms with Crippen LogP contribution in [0.5, 0.6) is 0 Å². The normalized spacial score (nSPS) is 12.5. The SMILES string of the molecule is C=C(C)CC(NN)c1ccc(F)c(Cl)c1. The average Bonchev–Trinajstić information content (AvgIpc) is 2.18. The van der Waals surface area contributed by atoms with Crippen LogP contribution < -0.4 is 11.3 Å². The Bertz CT molecular complexity index is 366. The van der Waals surface area contributed by atoms with Crippen molar-refractivity contribution in [2.45, 2.75) is 19.4 Å². The van der Waals surface area contributed by atoms with Gasteiger partial charge in [0.25, 0.3) is 0 Å². The van der Waals surface area contributed by atoms with Crippen LogP contribution >= 0.6 is 11.6 Å². The van der Waals surface area contributed by atoms with Crippen molar-refractivity contribution < 1.29 is 4.39 Å². The molecule has 15 heavy (non-hydrogen) atoms. The van der Waals surface area contributed by atoms with E-state index >= 15 is 0 Å². The van der Waals surface area contributed by atoms with E-state index < -0.39 is 5.82 Å². The molecule has 0 aromatic heterocycles. The highest BCUT2D eigenvalue weighted by Crippen LogP contribution is 2.24. The molecule has 1 aromatic rings. The highest BCUT2D eigenvalue weighted by atomic mass is 35.5. The number of hydrogen-bond acceptors (Lipinski definition) is 2. The molecule has 0 fully saturated rings. The summed E-state index contributed by atoms with van der Waals surface area (Å²) in [7, 11) is 0. The zero-order valence-corrected chi connectivity index (χ0v) is 9.31. The van der Waals surface area contributed by atoms with Crippen LogP contribution in [0.25, 0.3) is 0 Å². The first-order chi connectivity index (χ1) is 7.04. The third-order valence-electron chi connectivity index (χ3n) is 2.10. The first-order valence-electron chi connectivity index (χ1n) is 4.60. The summed E-state index contributed by atoms with van der Waals surface area (Å²) in [6, 6.07) is 4.49. The minimum atomic E-state index is -0.425. The highest BCUT2D eigenvalue weighted by molar-refractivity contribution is 6.30. The predicted molar refractivity (Wildman–Crippen MR) is 60.9 cm³/mol. The van der Waals surface area contributed by atoms with Crippen molar-refractivity contribution in [1.29, 1.82) is 0 Å². The second kappa shape index (κ2) is 5.26. The van der Waals surface area contributed by atoms with E-state index in [9.17, 15) is 4.39 Å². The van der Waals surface area contributed by atoms with E-state index in [4.69, 9.17) is 17.4 Å². The average molecular weight is 229 g/mol. The van der Waals surface area contributed by atoms with Crippen LogP contribution in [0.2, 0.25) is 5.02 Å². The third kappa shape index (κ3) is 3.30. The molecule has 0 aliphatic rings. The van der Waals surface area contributed by atoms with Crippen molar-refractivity contribution in [3.63, 3.8) is 0 Å². The molecule has 1 atom stereocenters. The monoisotopic (exact) mass is 228 g/mol. The van der Waals surface area contributed by atoms with Gasteiger partial charge in [-0.25, -0.2) is 4.39 Å². The minimum absolute atomic E-state index is 0.0828. The molecule has 2 nitrogen and oxygen atoms in total. The smallest absolute Gasteiger partial charge is 0.141 e. The molecular weight excluding hydrogens is 215 g/mol. The Morgan fingerprint density at radius 3 is 2.80 bits per heavy atom. The van der Waals surface area contributed by atoms with Gasteiger partial charge in [-0.05, 0) is 31.0 Å². The molecule has 0 aliphatic heterocycles. The van der Waals surface area contributed by atoms with E-state index in [1.807, 2.05) is 6.92 Å². The lowest BCUT2D eigenvalue weighted by atomic mass is 10.0. The van der Waals surface area contributed by atoms with Gasteiger partial charge < -0.3 is 0 Å². The van der Waals surface area contributed by atoms with Crippen molar-refractivity contribution in [3.05, 3.63) is 46.8 Å². The predicted octanol–water partition coefficient (Wildman–Crippen LogP) is 2.95. The van der Waals surface area contributed by atoms with Gasteiger partial charge in [0, 0.05) is 6.04 Å². The fraction of sp³-hybridized carbons (Fsp3) is 0.273. The molecule has 0 saturated heterocycles. The Kier molecular flexibility index (Phi) is 4.27. The van der Waals surface area contributed by atoms with E-state index in [1.165, 1.54) is 6.07 Å². The molecule has 0 bridgehead atoms. The third-order valence-corrected chi connectivity index (χ3v) is 2.39. The Morgan fingerprint density at radius 1 is 1.67 bits per heavy atom. The molecule has 0 saturated carbocycles. The molecule has 0 amide bonds. The van der Waals surface area contributed by atoms with Gasteiger partial charge in [0.05, 0.1) is 5.02 Å². The van der Waals surface area contributed by atoms with Crippen molar-refractivity contribution in [2.24, 2.45) is 5.84 Å². The zero-order valence-electron chi connectivity index (χ0n) is 8.56. The molecule has 0 spiro atoms. The van der Waals surface area contributed by atoms with Crippen LogP contribution in [0.4, 0.5) is 4.39 Å². The maximum atomic E-state index is 12.9. The van der Waals surface area contributed by atoms with Gasteiger partial charge in [0.1, 0.15) is 5.82 Å². The summed E-state index contributed by atoms with van der Waals surface area (Å²) >= 11 is 5.69. The van der Waals surface area contributed by atoms with Crippen LogP contribution in [-0.4, -0.2) is 0 Å². The number of nitrogens with one attached hydrogen (secondary N) is 1. The summed E-state index contributed by atoms with van der Waals surface area (Å²) in [4.78, 5) is 0. The first-order valence-corrected chi connectivity index (χ1v) is 4.98. The highest BCUT2D eigenvalue weighted by Gasteiger charge is 2.11. The number of rotatable bonds is 4. The number of halogens is 2. The second-order valence-electron chi connectivity index (χ2n) is 3.55.